The molecule has 18 heavy (non-hydrogen) atoms. The molecule has 3 aliphatic rings. The fraction of sp³-hybridized carbons (Fsp3) is 0.857. The van der Waals surface area contributed by atoms with Gasteiger partial charge >= 0.3 is 0 Å². The van der Waals surface area contributed by atoms with Crippen molar-refractivity contribution in [2.45, 2.75) is 38.6 Å². The van der Waals surface area contributed by atoms with Crippen LogP contribution in [-0.4, -0.2) is 53.8 Å². The molecular weight excluding hydrogens is 226 g/mol. The van der Waals surface area contributed by atoms with Gasteiger partial charge in [0.15, 0.2) is 0 Å². The molecule has 0 unspecified atom stereocenters. The lowest BCUT2D eigenvalue weighted by Gasteiger charge is -2.26. The van der Waals surface area contributed by atoms with Gasteiger partial charge in [-0.3, -0.25) is 9.79 Å². The van der Waals surface area contributed by atoms with E-state index < -0.39 is 5.54 Å². The van der Waals surface area contributed by atoms with E-state index in [-0.39, 0.29) is 5.91 Å². The highest BCUT2D eigenvalue weighted by molar-refractivity contribution is 6.08. The fourth-order valence-electron chi connectivity index (χ4n) is 4.12. The summed E-state index contributed by atoms with van der Waals surface area (Å²) in [6.45, 7) is 7.60. The molecule has 4 nitrogen and oxygen atoms in total. The summed E-state index contributed by atoms with van der Waals surface area (Å²) < 4.78 is 0. The van der Waals surface area contributed by atoms with E-state index in [1.165, 1.54) is 6.42 Å². The molecule has 3 rings (SSSR count). The zero-order valence-corrected chi connectivity index (χ0v) is 11.6. The number of fused-ring (bicyclic) bond motifs is 2. The van der Waals surface area contributed by atoms with Crippen molar-refractivity contribution in [3.05, 3.63) is 0 Å². The molecule has 4 heteroatoms. The Morgan fingerprint density at radius 3 is 2.78 bits per heavy atom. The molecule has 1 saturated carbocycles. The van der Waals surface area contributed by atoms with E-state index >= 15 is 0 Å². The summed E-state index contributed by atoms with van der Waals surface area (Å²) in [5, 5.41) is 0. The number of hydrogen-bond donors (Lipinski definition) is 0. The average Bonchev–Trinajstić information content (AvgIpc) is 3.00. The molecule has 1 amide bonds. The van der Waals surface area contributed by atoms with Crippen LogP contribution in [0.2, 0.25) is 0 Å². The maximum atomic E-state index is 12.6. The Morgan fingerprint density at radius 1 is 1.39 bits per heavy atom. The number of carbonyl (C=O) groups excluding carboxylic acids is 1. The molecule has 0 aromatic rings. The van der Waals surface area contributed by atoms with Gasteiger partial charge in [0.05, 0.1) is 0 Å². The van der Waals surface area contributed by atoms with E-state index in [4.69, 9.17) is 4.99 Å². The van der Waals surface area contributed by atoms with Crippen molar-refractivity contribution in [1.82, 2.24) is 9.80 Å². The van der Waals surface area contributed by atoms with Crippen LogP contribution < -0.4 is 0 Å². The summed E-state index contributed by atoms with van der Waals surface area (Å²) in [5.41, 5.74) is -0.394. The van der Waals surface area contributed by atoms with Crippen LogP contribution in [0.1, 0.15) is 33.1 Å². The highest BCUT2D eigenvalue weighted by Crippen LogP contribution is 2.50. The second kappa shape index (κ2) is 4.05. The molecule has 1 aliphatic carbocycles. The molecule has 100 valence electrons. The largest absolute Gasteiger partial charge is 0.303 e. The Morgan fingerprint density at radius 2 is 2.17 bits per heavy atom. The first-order valence-electron chi connectivity index (χ1n) is 7.21. The van der Waals surface area contributed by atoms with E-state index in [1.807, 2.05) is 7.05 Å². The predicted octanol–water partition coefficient (Wildman–Crippen LogP) is 1.37. The molecule has 1 spiro atoms. The van der Waals surface area contributed by atoms with Crippen LogP contribution in [0.4, 0.5) is 0 Å². The van der Waals surface area contributed by atoms with Crippen LogP contribution in [-0.2, 0) is 4.79 Å². The smallest absolute Gasteiger partial charge is 0.255 e. The van der Waals surface area contributed by atoms with Crippen molar-refractivity contribution in [1.29, 1.82) is 0 Å². The highest BCUT2D eigenvalue weighted by atomic mass is 16.2. The van der Waals surface area contributed by atoms with Crippen molar-refractivity contribution in [2.75, 3.05) is 26.7 Å². The fourth-order valence-corrected chi connectivity index (χ4v) is 4.12. The molecule has 0 radical (unpaired) electrons. The molecule has 2 heterocycles. The van der Waals surface area contributed by atoms with Crippen molar-refractivity contribution in [3.8, 4) is 0 Å². The third kappa shape index (κ3) is 1.41. The van der Waals surface area contributed by atoms with Gasteiger partial charge in [0.2, 0.25) is 0 Å². The van der Waals surface area contributed by atoms with E-state index in [1.54, 1.807) is 4.90 Å². The molecule has 1 saturated heterocycles. The minimum absolute atomic E-state index is 0.254. The number of amidine groups is 1. The monoisotopic (exact) mass is 249 g/mol. The molecule has 3 atom stereocenters. The maximum absolute atomic E-state index is 12.6. The number of hydrogen-bond acceptors (Lipinski definition) is 3. The van der Waals surface area contributed by atoms with Crippen LogP contribution >= 0.6 is 0 Å². The Bertz CT molecular complexity index is 406. The van der Waals surface area contributed by atoms with E-state index in [2.05, 4.69) is 18.7 Å². The number of carbonyl (C=O) groups is 1. The van der Waals surface area contributed by atoms with Crippen molar-refractivity contribution < 1.29 is 4.79 Å². The third-order valence-electron chi connectivity index (χ3n) is 5.18. The number of amides is 1. The first kappa shape index (κ1) is 12.2. The quantitative estimate of drug-likeness (QED) is 0.741. The van der Waals surface area contributed by atoms with Crippen LogP contribution in [0, 0.1) is 11.8 Å². The number of aliphatic imine (C=N–C) groups is 1. The summed E-state index contributed by atoms with van der Waals surface area (Å²) >= 11 is 0. The molecular formula is C14H23N3O. The first-order chi connectivity index (χ1) is 8.62. The summed E-state index contributed by atoms with van der Waals surface area (Å²) in [7, 11) is 1.89. The lowest BCUT2D eigenvalue weighted by atomic mass is 9.85. The van der Waals surface area contributed by atoms with Crippen LogP contribution in [0.15, 0.2) is 4.99 Å². The number of nitrogens with zero attached hydrogens (tertiary/aromatic N) is 3. The highest BCUT2D eigenvalue weighted by Gasteiger charge is 2.60. The topological polar surface area (TPSA) is 35.9 Å². The summed E-state index contributed by atoms with van der Waals surface area (Å²) in [5.74, 6) is 2.37. The van der Waals surface area contributed by atoms with Gasteiger partial charge < -0.3 is 9.80 Å². The number of rotatable bonds is 2. The van der Waals surface area contributed by atoms with Gasteiger partial charge in [-0.25, -0.2) is 0 Å². The van der Waals surface area contributed by atoms with Gasteiger partial charge in [0, 0.05) is 32.5 Å². The van der Waals surface area contributed by atoms with Gasteiger partial charge in [-0.1, -0.05) is 13.8 Å². The number of likely N-dealkylation sites (tertiary alicyclic amines) is 1. The van der Waals surface area contributed by atoms with E-state index in [0.717, 1.165) is 38.3 Å². The Labute approximate surface area is 109 Å². The number of likely N-dealkylation sites (N-methyl/N-ethyl adjacent to an activating group) is 1. The van der Waals surface area contributed by atoms with Gasteiger partial charge in [-0.15, -0.1) is 0 Å². The minimum Gasteiger partial charge on any atom is -0.303 e. The zero-order chi connectivity index (χ0) is 12.9. The summed E-state index contributed by atoms with van der Waals surface area (Å²) in [6, 6.07) is 0. The lowest BCUT2D eigenvalue weighted by molar-refractivity contribution is -0.131. The molecule has 0 N–H and O–H groups in total. The Balaban J connectivity index is 1.92. The Hall–Kier alpha value is -0.900. The maximum Gasteiger partial charge on any atom is 0.255 e. The van der Waals surface area contributed by atoms with Crippen LogP contribution in [0.3, 0.4) is 0 Å². The van der Waals surface area contributed by atoms with E-state index in [9.17, 15) is 4.79 Å². The average molecular weight is 249 g/mol. The van der Waals surface area contributed by atoms with Crippen molar-refractivity contribution >= 4 is 11.7 Å². The predicted molar refractivity (Wildman–Crippen MR) is 71.6 cm³/mol. The van der Waals surface area contributed by atoms with Gasteiger partial charge in [0.25, 0.3) is 5.91 Å². The summed E-state index contributed by atoms with van der Waals surface area (Å²) in [4.78, 5) is 21.8. The third-order valence-corrected chi connectivity index (χ3v) is 5.18. The molecule has 2 fully saturated rings. The van der Waals surface area contributed by atoms with Gasteiger partial charge in [-0.05, 0) is 25.3 Å². The molecule has 0 bridgehead atoms. The Kier molecular flexibility index (Phi) is 2.73. The van der Waals surface area contributed by atoms with Gasteiger partial charge in [-0.2, -0.15) is 0 Å². The second-order valence-corrected chi connectivity index (χ2v) is 5.93. The SMILES string of the molecule is CCC1=N[C@]2(CC[C@H]3CN(CC)C[C@H]32)C(=O)N1C. The molecule has 2 aliphatic heterocycles. The molecule has 0 aromatic heterocycles. The van der Waals surface area contributed by atoms with Crippen molar-refractivity contribution in [2.24, 2.45) is 16.8 Å². The van der Waals surface area contributed by atoms with Crippen molar-refractivity contribution in [3.63, 3.8) is 0 Å². The van der Waals surface area contributed by atoms with Gasteiger partial charge in [0.1, 0.15) is 11.4 Å². The summed E-state index contributed by atoms with van der Waals surface area (Å²) in [6.07, 6.45) is 2.99. The normalized spacial score (nSPS) is 39.8. The first-order valence-corrected chi connectivity index (χ1v) is 7.21. The van der Waals surface area contributed by atoms with Crippen LogP contribution in [0.5, 0.6) is 0 Å². The van der Waals surface area contributed by atoms with E-state index in [0.29, 0.717) is 11.8 Å². The second-order valence-electron chi connectivity index (χ2n) is 5.93. The standard InChI is InChI=1S/C14H23N3O/c1-4-12-15-14(13(18)16(12)3)7-6-10-8-17(5-2)9-11(10)14/h10-11H,4-9H2,1-3H3/t10-,11+,14-/m0/s1. The minimum atomic E-state index is -0.394. The molecule has 0 aromatic carbocycles. The van der Waals surface area contributed by atoms with Crippen LogP contribution in [0.25, 0.3) is 0 Å². The zero-order valence-electron chi connectivity index (χ0n) is 11.6. The lowest BCUT2D eigenvalue weighted by Crippen LogP contribution is -2.45.